The third-order valence-corrected chi connectivity index (χ3v) is 2.08. The van der Waals surface area contributed by atoms with Gasteiger partial charge in [0, 0.05) is 6.54 Å². The molecule has 0 aliphatic heterocycles. The van der Waals surface area contributed by atoms with Gasteiger partial charge in [-0.3, -0.25) is 9.80 Å². The molecule has 0 saturated carbocycles. The molecule has 0 bridgehead atoms. The first kappa shape index (κ1) is 14.3. The van der Waals surface area contributed by atoms with Crippen molar-refractivity contribution in [2.75, 3.05) is 34.3 Å². The first-order valence-corrected chi connectivity index (χ1v) is 4.95. The summed E-state index contributed by atoms with van der Waals surface area (Å²) in [6.07, 6.45) is 3.05. The highest BCUT2D eigenvalue weighted by Gasteiger charge is 2.16. The van der Waals surface area contributed by atoms with Crippen molar-refractivity contribution >= 4 is 0 Å². The molecule has 0 fully saturated rings. The summed E-state index contributed by atoms with van der Waals surface area (Å²) in [4.78, 5) is 3.79. The van der Waals surface area contributed by atoms with Gasteiger partial charge in [0.1, 0.15) is 12.5 Å². The first-order chi connectivity index (χ1) is 7.06. The molecule has 0 amide bonds. The van der Waals surface area contributed by atoms with Crippen LogP contribution in [0, 0.1) is 0 Å². The highest BCUT2D eigenvalue weighted by Crippen LogP contribution is 2.06. The Balaban J connectivity index is 4.29. The summed E-state index contributed by atoms with van der Waals surface area (Å²) in [5, 5.41) is 8.82. The molecule has 15 heavy (non-hydrogen) atoms. The second-order valence-electron chi connectivity index (χ2n) is 3.56. The van der Waals surface area contributed by atoms with E-state index in [-0.39, 0.29) is 19.1 Å². The van der Waals surface area contributed by atoms with Crippen LogP contribution in [-0.4, -0.2) is 61.7 Å². The van der Waals surface area contributed by atoms with Crippen molar-refractivity contribution in [3.8, 4) is 0 Å². The maximum absolute atomic E-state index is 8.82. The van der Waals surface area contributed by atoms with Gasteiger partial charge in [-0.25, -0.2) is 0 Å². The number of aliphatic hydroxyl groups is 1. The molecule has 2 unspecified atom stereocenters. The average Bonchev–Trinajstić information content (AvgIpc) is 2.19. The predicted octanol–water partition coefficient (Wildman–Crippen LogP) is 0.513. The third kappa shape index (κ3) is 5.09. The van der Waals surface area contributed by atoms with E-state index in [0.717, 1.165) is 0 Å². The minimum Gasteiger partial charge on any atom is -0.395 e. The number of likely N-dealkylation sites (N-methyl/N-ethyl adjacent to an activating group) is 2. The van der Waals surface area contributed by atoms with Crippen LogP contribution in [0.25, 0.3) is 0 Å². The molecular weight excluding hydrogens is 192 g/mol. The van der Waals surface area contributed by atoms with Gasteiger partial charge >= 0.3 is 0 Å². The molecule has 0 aromatic heterocycles. The molecule has 0 aromatic rings. The Morgan fingerprint density at radius 1 is 1.20 bits per heavy atom. The van der Waals surface area contributed by atoms with E-state index in [1.54, 1.807) is 12.2 Å². The van der Waals surface area contributed by atoms with Crippen LogP contribution in [0.5, 0.6) is 0 Å². The molecule has 1 N–H and O–H groups in total. The monoisotopic (exact) mass is 214 g/mol. The number of ether oxygens (including phenoxy) is 1. The molecule has 0 aromatic carbocycles. The highest BCUT2D eigenvalue weighted by atomic mass is 16.5. The van der Waals surface area contributed by atoms with Crippen molar-refractivity contribution in [1.29, 1.82) is 0 Å². The van der Waals surface area contributed by atoms with E-state index in [0.29, 0.717) is 6.54 Å². The van der Waals surface area contributed by atoms with Crippen LogP contribution in [0.1, 0.15) is 0 Å². The van der Waals surface area contributed by atoms with Gasteiger partial charge in [0.25, 0.3) is 0 Å². The predicted molar refractivity (Wildman–Crippen MR) is 62.5 cm³/mol. The zero-order chi connectivity index (χ0) is 11.8. The lowest BCUT2D eigenvalue weighted by molar-refractivity contribution is -0.0942. The molecule has 0 rings (SSSR count). The maximum Gasteiger partial charge on any atom is 0.131 e. The fourth-order valence-corrected chi connectivity index (χ4v) is 1.16. The summed E-state index contributed by atoms with van der Waals surface area (Å²) >= 11 is 0. The van der Waals surface area contributed by atoms with Crippen molar-refractivity contribution in [2.45, 2.75) is 12.5 Å². The molecule has 0 heterocycles. The summed E-state index contributed by atoms with van der Waals surface area (Å²) < 4.78 is 5.73. The Labute approximate surface area is 92.4 Å². The minimum atomic E-state index is -0.220. The van der Waals surface area contributed by atoms with Crippen LogP contribution < -0.4 is 0 Å². The molecule has 2 atom stereocenters. The van der Waals surface area contributed by atoms with Crippen molar-refractivity contribution in [2.24, 2.45) is 0 Å². The smallest absolute Gasteiger partial charge is 0.131 e. The first-order valence-electron chi connectivity index (χ1n) is 4.95. The van der Waals surface area contributed by atoms with Gasteiger partial charge in [-0.2, -0.15) is 0 Å². The summed E-state index contributed by atoms with van der Waals surface area (Å²) in [7, 11) is 5.70. The number of hydrogen-bond acceptors (Lipinski definition) is 4. The van der Waals surface area contributed by atoms with E-state index in [4.69, 9.17) is 9.84 Å². The quantitative estimate of drug-likeness (QED) is 0.472. The van der Waals surface area contributed by atoms with Gasteiger partial charge in [0.05, 0.1) is 6.61 Å². The van der Waals surface area contributed by atoms with Crippen LogP contribution in [0.4, 0.5) is 0 Å². The zero-order valence-corrected chi connectivity index (χ0v) is 9.89. The average molecular weight is 214 g/mol. The van der Waals surface area contributed by atoms with Gasteiger partial charge < -0.3 is 9.84 Å². The van der Waals surface area contributed by atoms with Gasteiger partial charge in [-0.15, -0.1) is 0 Å². The molecule has 0 radical (unpaired) electrons. The summed E-state index contributed by atoms with van der Waals surface area (Å²) in [6, 6.07) is 0. The fourth-order valence-electron chi connectivity index (χ4n) is 1.16. The molecule has 0 aliphatic rings. The van der Waals surface area contributed by atoms with Gasteiger partial charge in [-0.05, 0) is 33.3 Å². The molecular formula is C11H22N2O2. The Kier molecular flexibility index (Phi) is 7.25. The number of hydrogen-bond donors (Lipinski definition) is 1. The van der Waals surface area contributed by atoms with E-state index in [1.807, 2.05) is 30.9 Å². The van der Waals surface area contributed by atoms with Crippen LogP contribution in [0.2, 0.25) is 0 Å². The standard InChI is InChI=1S/C11H22N2O2/c1-6-10(12(3)4)15-11(7-2)13(5)8-9-14/h6-7,10-11,14H,1-2,8-9H2,3-5H3. The molecule has 88 valence electrons. The normalized spacial score (nSPS) is 15.3. The van der Waals surface area contributed by atoms with Gasteiger partial charge in [0.2, 0.25) is 0 Å². The van der Waals surface area contributed by atoms with Gasteiger partial charge in [-0.1, -0.05) is 13.2 Å². The van der Waals surface area contributed by atoms with Crippen LogP contribution in [-0.2, 0) is 4.74 Å². The Morgan fingerprint density at radius 2 is 1.73 bits per heavy atom. The molecule has 0 aliphatic carbocycles. The largest absolute Gasteiger partial charge is 0.395 e. The second-order valence-corrected chi connectivity index (χ2v) is 3.56. The SMILES string of the molecule is C=CC(OC(C=C)N(C)CCO)N(C)C. The van der Waals surface area contributed by atoms with E-state index < -0.39 is 0 Å². The van der Waals surface area contributed by atoms with Crippen LogP contribution >= 0.6 is 0 Å². The lowest BCUT2D eigenvalue weighted by Gasteiger charge is -2.30. The lowest BCUT2D eigenvalue weighted by atomic mass is 10.4. The van der Waals surface area contributed by atoms with Crippen molar-refractivity contribution in [3.05, 3.63) is 25.3 Å². The number of aliphatic hydroxyl groups excluding tert-OH is 1. The second kappa shape index (κ2) is 7.59. The van der Waals surface area contributed by atoms with Crippen molar-refractivity contribution < 1.29 is 9.84 Å². The van der Waals surface area contributed by atoms with E-state index >= 15 is 0 Å². The van der Waals surface area contributed by atoms with E-state index in [2.05, 4.69) is 13.2 Å². The number of nitrogens with zero attached hydrogens (tertiary/aromatic N) is 2. The molecule has 0 saturated heterocycles. The Morgan fingerprint density at radius 3 is 2.07 bits per heavy atom. The van der Waals surface area contributed by atoms with Crippen LogP contribution in [0.3, 0.4) is 0 Å². The van der Waals surface area contributed by atoms with E-state index in [9.17, 15) is 0 Å². The van der Waals surface area contributed by atoms with Crippen LogP contribution in [0.15, 0.2) is 25.3 Å². The van der Waals surface area contributed by atoms with Gasteiger partial charge in [0.15, 0.2) is 0 Å². The topological polar surface area (TPSA) is 35.9 Å². The van der Waals surface area contributed by atoms with E-state index in [1.165, 1.54) is 0 Å². The summed E-state index contributed by atoms with van der Waals surface area (Å²) in [5.41, 5.74) is 0. The summed E-state index contributed by atoms with van der Waals surface area (Å²) in [6.45, 7) is 8.07. The fraction of sp³-hybridized carbons (Fsp3) is 0.636. The Bertz CT molecular complexity index is 195. The molecule has 4 heteroatoms. The zero-order valence-electron chi connectivity index (χ0n) is 9.89. The molecule has 0 spiro atoms. The Hall–Kier alpha value is -0.680. The maximum atomic E-state index is 8.82. The molecule has 4 nitrogen and oxygen atoms in total. The number of rotatable bonds is 8. The minimum absolute atomic E-state index is 0.102. The summed E-state index contributed by atoms with van der Waals surface area (Å²) in [5.74, 6) is 0. The lowest BCUT2D eigenvalue weighted by Crippen LogP contribution is -2.40. The third-order valence-electron chi connectivity index (χ3n) is 2.08. The van der Waals surface area contributed by atoms with Crippen molar-refractivity contribution in [3.63, 3.8) is 0 Å². The van der Waals surface area contributed by atoms with Crippen molar-refractivity contribution in [1.82, 2.24) is 9.80 Å². The highest BCUT2D eigenvalue weighted by molar-refractivity contribution is 4.84.